The number of rotatable bonds is 8. The number of ether oxygens (including phenoxy) is 2. The van der Waals surface area contributed by atoms with E-state index in [0.29, 0.717) is 18.8 Å². The highest BCUT2D eigenvalue weighted by Gasteiger charge is 2.32. The lowest BCUT2D eigenvalue weighted by atomic mass is 10.0. The maximum Gasteiger partial charge on any atom is 0.258 e. The molecule has 1 aliphatic rings. The van der Waals surface area contributed by atoms with E-state index in [-0.39, 0.29) is 47.9 Å². The number of nitrogens with zero attached hydrogens (tertiary/aromatic N) is 2. The fourth-order valence-electron chi connectivity index (χ4n) is 4.90. The van der Waals surface area contributed by atoms with Gasteiger partial charge in [-0.1, -0.05) is 24.6 Å². The molecule has 3 rings (SSSR count). The molecule has 11 nitrogen and oxygen atoms in total. The smallest absolute Gasteiger partial charge is 0.258 e. The molecule has 0 radical (unpaired) electrons. The monoisotopic (exact) mass is 639 g/mol. The number of nitrogens with one attached hydrogen (secondary N) is 1. The summed E-state index contributed by atoms with van der Waals surface area (Å²) in [6.07, 6.45) is 2.42. The lowest BCUT2D eigenvalue weighted by Crippen LogP contribution is -2.48. The van der Waals surface area contributed by atoms with Crippen LogP contribution in [0.3, 0.4) is 0 Å². The van der Waals surface area contributed by atoms with Gasteiger partial charge in [0.05, 0.1) is 41.6 Å². The van der Waals surface area contributed by atoms with Crippen LogP contribution in [0.2, 0.25) is 0 Å². The molecule has 4 atom stereocenters. The molecule has 0 fully saturated rings. The van der Waals surface area contributed by atoms with E-state index in [1.165, 1.54) is 22.3 Å². The number of likely N-dealkylation sites (N-methyl/N-ethyl adjacent to an activating group) is 1. The Labute approximate surface area is 256 Å². The minimum absolute atomic E-state index is 0.0610. The number of aryl methyl sites for hydroxylation is 1. The van der Waals surface area contributed by atoms with Crippen LogP contribution in [-0.2, 0) is 24.8 Å². The van der Waals surface area contributed by atoms with Crippen molar-refractivity contribution in [2.45, 2.75) is 70.1 Å². The van der Waals surface area contributed by atoms with Gasteiger partial charge < -0.3 is 19.5 Å². The number of amides is 1. The summed E-state index contributed by atoms with van der Waals surface area (Å²) in [7, 11) is -5.88. The van der Waals surface area contributed by atoms with Crippen molar-refractivity contribution in [2.24, 2.45) is 5.92 Å². The zero-order valence-corrected chi connectivity index (χ0v) is 27.4. The van der Waals surface area contributed by atoms with Crippen molar-refractivity contribution in [3.05, 3.63) is 53.6 Å². The van der Waals surface area contributed by atoms with E-state index in [0.717, 1.165) is 24.7 Å². The maximum absolute atomic E-state index is 14.1. The summed E-state index contributed by atoms with van der Waals surface area (Å²) in [5.74, 6) is -0.477. The first kappa shape index (κ1) is 34.8. The first-order valence-corrected chi connectivity index (χ1v) is 17.8. The minimum atomic E-state index is -3.79. The fourth-order valence-corrected chi connectivity index (χ4v) is 6.64. The van der Waals surface area contributed by atoms with Crippen LogP contribution in [0, 0.1) is 12.8 Å². The van der Waals surface area contributed by atoms with E-state index in [1.54, 1.807) is 43.3 Å². The van der Waals surface area contributed by atoms with E-state index in [4.69, 9.17) is 9.47 Å². The van der Waals surface area contributed by atoms with Crippen LogP contribution in [0.15, 0.2) is 47.4 Å². The fraction of sp³-hybridized carbons (Fsp3) is 0.567. The van der Waals surface area contributed by atoms with Gasteiger partial charge >= 0.3 is 0 Å². The SMILES string of the molecule is Cc1ccc(S(=O)(=O)N(C)C[C@@H]2OCCCC[C@@H](C)Oc3ccc(NS(C)(=O)=O)cc3C(=O)N([C@@H](C)CO)C[C@H]2C)cc1. The van der Waals surface area contributed by atoms with Gasteiger partial charge in [-0.3, -0.25) is 9.52 Å². The second-order valence-electron chi connectivity index (χ2n) is 11.5. The second kappa shape index (κ2) is 14.8. The number of fused-ring (bicyclic) bond motifs is 1. The van der Waals surface area contributed by atoms with E-state index in [9.17, 15) is 26.7 Å². The topological polar surface area (TPSA) is 143 Å². The van der Waals surface area contributed by atoms with Crippen molar-refractivity contribution in [1.82, 2.24) is 9.21 Å². The summed E-state index contributed by atoms with van der Waals surface area (Å²) in [6.45, 7) is 7.66. The third-order valence-electron chi connectivity index (χ3n) is 7.52. The van der Waals surface area contributed by atoms with Crippen molar-refractivity contribution in [3.63, 3.8) is 0 Å². The van der Waals surface area contributed by atoms with Crippen molar-refractivity contribution in [1.29, 1.82) is 0 Å². The number of hydrogen-bond donors (Lipinski definition) is 2. The number of carbonyl (C=O) groups excluding carboxylic acids is 1. The molecule has 240 valence electrons. The molecule has 0 aliphatic carbocycles. The molecule has 0 saturated carbocycles. The predicted octanol–water partition coefficient (Wildman–Crippen LogP) is 3.48. The first-order valence-electron chi connectivity index (χ1n) is 14.5. The lowest BCUT2D eigenvalue weighted by Gasteiger charge is -2.35. The van der Waals surface area contributed by atoms with Crippen LogP contribution in [0.4, 0.5) is 5.69 Å². The molecule has 1 aliphatic heterocycles. The van der Waals surface area contributed by atoms with Crippen molar-refractivity contribution < 1.29 is 36.2 Å². The van der Waals surface area contributed by atoms with Crippen LogP contribution in [0.1, 0.15) is 56.0 Å². The van der Waals surface area contributed by atoms with Gasteiger partial charge in [-0.05, 0) is 70.4 Å². The van der Waals surface area contributed by atoms with E-state index >= 15 is 0 Å². The third-order valence-corrected chi connectivity index (χ3v) is 9.97. The molecule has 0 aromatic heterocycles. The molecule has 2 aromatic rings. The van der Waals surface area contributed by atoms with E-state index in [1.807, 2.05) is 20.8 Å². The Kier molecular flexibility index (Phi) is 12.0. The van der Waals surface area contributed by atoms with Gasteiger partial charge in [-0.15, -0.1) is 0 Å². The van der Waals surface area contributed by atoms with Crippen LogP contribution in [0.25, 0.3) is 0 Å². The minimum Gasteiger partial charge on any atom is -0.490 e. The molecule has 13 heteroatoms. The molecular formula is C30H45N3O8S2. The molecule has 1 amide bonds. The van der Waals surface area contributed by atoms with Gasteiger partial charge in [0.1, 0.15) is 5.75 Å². The van der Waals surface area contributed by atoms with Crippen LogP contribution < -0.4 is 9.46 Å². The predicted molar refractivity (Wildman–Crippen MR) is 166 cm³/mol. The molecule has 2 N–H and O–H groups in total. The Balaban J connectivity index is 1.98. The number of aliphatic hydroxyl groups is 1. The average Bonchev–Trinajstić information content (AvgIpc) is 2.93. The molecule has 0 bridgehead atoms. The first-order chi connectivity index (χ1) is 20.1. The van der Waals surface area contributed by atoms with Crippen molar-refractivity contribution in [2.75, 3.05) is 44.3 Å². The number of carbonyl (C=O) groups is 1. The molecular weight excluding hydrogens is 594 g/mol. The van der Waals surface area contributed by atoms with E-state index in [2.05, 4.69) is 4.72 Å². The zero-order valence-electron chi connectivity index (χ0n) is 25.8. The summed E-state index contributed by atoms with van der Waals surface area (Å²) in [4.78, 5) is 15.8. The summed E-state index contributed by atoms with van der Waals surface area (Å²) < 4.78 is 66.7. The summed E-state index contributed by atoms with van der Waals surface area (Å²) in [5, 5.41) is 10.1. The molecule has 0 saturated heterocycles. The lowest BCUT2D eigenvalue weighted by molar-refractivity contribution is -0.00833. The summed E-state index contributed by atoms with van der Waals surface area (Å²) in [6, 6.07) is 10.6. The highest BCUT2D eigenvalue weighted by Crippen LogP contribution is 2.29. The number of anilines is 1. The largest absolute Gasteiger partial charge is 0.490 e. The summed E-state index contributed by atoms with van der Waals surface area (Å²) >= 11 is 0. The van der Waals surface area contributed by atoms with Gasteiger partial charge in [-0.2, -0.15) is 4.31 Å². The Morgan fingerprint density at radius 2 is 1.77 bits per heavy atom. The van der Waals surface area contributed by atoms with Gasteiger partial charge in [0, 0.05) is 38.3 Å². The normalized spacial score (nSPS) is 21.9. The number of benzene rings is 2. The highest BCUT2D eigenvalue weighted by molar-refractivity contribution is 7.92. The van der Waals surface area contributed by atoms with Gasteiger partial charge in [0.15, 0.2) is 0 Å². The Morgan fingerprint density at radius 3 is 2.40 bits per heavy atom. The number of aliphatic hydroxyl groups excluding tert-OH is 1. The van der Waals surface area contributed by atoms with Crippen molar-refractivity contribution >= 4 is 31.6 Å². The quantitative estimate of drug-likeness (QED) is 0.447. The third kappa shape index (κ3) is 9.64. The average molecular weight is 640 g/mol. The summed E-state index contributed by atoms with van der Waals surface area (Å²) in [5.41, 5.74) is 1.32. The van der Waals surface area contributed by atoms with Gasteiger partial charge in [-0.25, -0.2) is 16.8 Å². The Morgan fingerprint density at radius 1 is 1.09 bits per heavy atom. The van der Waals surface area contributed by atoms with Gasteiger partial charge in [0.25, 0.3) is 5.91 Å². The molecule has 0 spiro atoms. The standard InChI is InChI=1S/C30H45N3O8S2/c1-21-10-13-26(14-11-21)43(38,39)32(5)19-29-22(2)18-33(23(3)20-34)30(35)27-17-25(31-42(6,36)37)12-15-28(27)41-24(4)9-7-8-16-40-29/h10-15,17,22-24,29,31,34H,7-9,16,18-20H2,1-6H3/t22-,23+,24-,29+/m1/s1. The maximum atomic E-state index is 14.1. The number of hydrogen-bond acceptors (Lipinski definition) is 8. The van der Waals surface area contributed by atoms with Crippen LogP contribution in [0.5, 0.6) is 5.75 Å². The zero-order chi connectivity index (χ0) is 31.9. The number of sulfonamides is 2. The molecule has 2 aromatic carbocycles. The molecule has 0 unspecified atom stereocenters. The Bertz CT molecular complexity index is 1450. The van der Waals surface area contributed by atoms with Crippen LogP contribution in [-0.4, -0.2) is 94.9 Å². The van der Waals surface area contributed by atoms with E-state index < -0.39 is 38.1 Å². The molecule has 1 heterocycles. The van der Waals surface area contributed by atoms with Crippen molar-refractivity contribution in [3.8, 4) is 5.75 Å². The highest BCUT2D eigenvalue weighted by atomic mass is 32.2. The van der Waals surface area contributed by atoms with Crippen LogP contribution >= 0.6 is 0 Å². The Hall–Kier alpha value is -2.71. The molecule has 43 heavy (non-hydrogen) atoms. The second-order valence-corrected chi connectivity index (χ2v) is 15.3. The van der Waals surface area contributed by atoms with Gasteiger partial charge in [0.2, 0.25) is 20.0 Å².